The molecule has 2 aliphatic heterocycles. The molecule has 3 aliphatic rings. The van der Waals surface area contributed by atoms with Crippen LogP contribution in [0.3, 0.4) is 0 Å². The summed E-state index contributed by atoms with van der Waals surface area (Å²) in [7, 11) is 1.67. The van der Waals surface area contributed by atoms with Crippen molar-refractivity contribution in [1.82, 2.24) is 20.9 Å². The third kappa shape index (κ3) is 5.98. The Morgan fingerprint density at radius 1 is 1.08 bits per heavy atom. The topological polar surface area (TPSA) is 73.5 Å². The number of carbonyl (C=O) groups excluding carboxylic acids is 2. The number of hydrogen-bond donors (Lipinski definition) is 3. The second-order valence-electron chi connectivity index (χ2n) is 7.34. The molecule has 1 saturated carbocycles. The van der Waals surface area contributed by atoms with Gasteiger partial charge in [0.1, 0.15) is 0 Å². The molecule has 2 saturated heterocycles. The van der Waals surface area contributed by atoms with Crippen LogP contribution in [0.25, 0.3) is 0 Å². The zero-order valence-corrected chi connectivity index (χ0v) is 16.6. The van der Waals surface area contributed by atoms with E-state index in [9.17, 15) is 9.59 Å². The number of nitrogens with zero attached hydrogens (tertiary/aromatic N) is 1. The zero-order valence-electron chi connectivity index (χ0n) is 15.0. The van der Waals surface area contributed by atoms with Crippen LogP contribution in [-0.2, 0) is 9.59 Å². The van der Waals surface area contributed by atoms with E-state index < -0.39 is 0 Å². The summed E-state index contributed by atoms with van der Waals surface area (Å²) >= 11 is 0. The number of fused-ring (bicyclic) bond motifs is 1. The largest absolute Gasteiger partial charge is 0.358 e. The molecule has 3 atom stereocenters. The van der Waals surface area contributed by atoms with Crippen LogP contribution < -0.4 is 16.0 Å². The summed E-state index contributed by atoms with van der Waals surface area (Å²) in [6.45, 7) is 2.22. The number of likely N-dealkylation sites (tertiary alicyclic amines) is 1. The second kappa shape index (κ2) is 10.6. The first-order chi connectivity index (χ1) is 11.2. The van der Waals surface area contributed by atoms with Crippen molar-refractivity contribution in [2.24, 2.45) is 5.92 Å². The number of nitrogens with one attached hydrogen (secondary N) is 3. The van der Waals surface area contributed by atoms with E-state index >= 15 is 0 Å². The fraction of sp³-hybridized carbons (Fsp3) is 0.882. The SMILES string of the molecule is CNC(=O)CN1CCC(NC(=O)C2CC3CCCCC3N2)CC1.Cl.Cl. The molecule has 3 N–H and O–H groups in total. The van der Waals surface area contributed by atoms with Crippen molar-refractivity contribution in [3.63, 3.8) is 0 Å². The summed E-state index contributed by atoms with van der Waals surface area (Å²) in [5.41, 5.74) is 0. The normalized spacial score (nSPS) is 29.7. The lowest BCUT2D eigenvalue weighted by atomic mass is 9.85. The Balaban J connectivity index is 0.00000156. The standard InChI is InChI=1S/C17H30N4O2.2ClH/c1-18-16(22)11-21-8-6-13(7-9-21)19-17(23)15-10-12-4-2-3-5-14(12)20-15;;/h12-15,20H,2-11H2,1H3,(H,18,22)(H,19,23);2*1H. The van der Waals surface area contributed by atoms with Gasteiger partial charge in [-0.05, 0) is 38.0 Å². The first-order valence-corrected chi connectivity index (χ1v) is 9.15. The van der Waals surface area contributed by atoms with E-state index in [4.69, 9.17) is 0 Å². The van der Waals surface area contributed by atoms with Crippen LogP contribution in [0.15, 0.2) is 0 Å². The predicted octanol–water partition coefficient (Wildman–Crippen LogP) is 1.08. The van der Waals surface area contributed by atoms with Crippen LogP contribution in [0.1, 0.15) is 44.9 Å². The van der Waals surface area contributed by atoms with Gasteiger partial charge in [-0.2, -0.15) is 0 Å². The van der Waals surface area contributed by atoms with Gasteiger partial charge in [-0.25, -0.2) is 0 Å². The minimum absolute atomic E-state index is 0. The quantitative estimate of drug-likeness (QED) is 0.666. The van der Waals surface area contributed by atoms with Gasteiger partial charge in [0, 0.05) is 32.2 Å². The van der Waals surface area contributed by atoms with Crippen molar-refractivity contribution >= 4 is 36.6 Å². The van der Waals surface area contributed by atoms with Gasteiger partial charge >= 0.3 is 0 Å². The van der Waals surface area contributed by atoms with E-state index in [2.05, 4.69) is 20.9 Å². The molecule has 0 aromatic heterocycles. The molecule has 3 fully saturated rings. The number of piperidine rings is 1. The molecule has 2 amide bonds. The van der Waals surface area contributed by atoms with Gasteiger partial charge < -0.3 is 16.0 Å². The first-order valence-electron chi connectivity index (χ1n) is 9.15. The molecule has 1 aliphatic carbocycles. The molecule has 0 bridgehead atoms. The van der Waals surface area contributed by atoms with Gasteiger partial charge in [-0.3, -0.25) is 14.5 Å². The summed E-state index contributed by atoms with van der Waals surface area (Å²) in [5, 5.41) is 9.44. The average molecular weight is 395 g/mol. The lowest BCUT2D eigenvalue weighted by Gasteiger charge is -2.32. The summed E-state index contributed by atoms with van der Waals surface area (Å²) < 4.78 is 0. The van der Waals surface area contributed by atoms with E-state index in [1.54, 1.807) is 7.05 Å². The number of likely N-dealkylation sites (N-methyl/N-ethyl adjacent to an activating group) is 1. The molecule has 8 heteroatoms. The number of carbonyl (C=O) groups is 2. The second-order valence-corrected chi connectivity index (χ2v) is 7.34. The predicted molar refractivity (Wildman–Crippen MR) is 103 cm³/mol. The fourth-order valence-electron chi connectivity index (χ4n) is 4.34. The van der Waals surface area contributed by atoms with E-state index in [-0.39, 0.29) is 48.7 Å². The van der Waals surface area contributed by atoms with E-state index in [0.29, 0.717) is 18.5 Å². The van der Waals surface area contributed by atoms with Crippen molar-refractivity contribution in [3.8, 4) is 0 Å². The van der Waals surface area contributed by atoms with Gasteiger partial charge in [-0.15, -0.1) is 24.8 Å². The van der Waals surface area contributed by atoms with E-state index in [1.165, 1.54) is 25.7 Å². The smallest absolute Gasteiger partial charge is 0.237 e. The minimum atomic E-state index is 0. The monoisotopic (exact) mass is 394 g/mol. The molecule has 3 unspecified atom stereocenters. The molecule has 0 aromatic carbocycles. The Morgan fingerprint density at radius 2 is 1.76 bits per heavy atom. The van der Waals surface area contributed by atoms with Crippen LogP contribution in [0.2, 0.25) is 0 Å². The molecule has 146 valence electrons. The fourth-order valence-corrected chi connectivity index (χ4v) is 4.34. The minimum Gasteiger partial charge on any atom is -0.358 e. The summed E-state index contributed by atoms with van der Waals surface area (Å²) in [6.07, 6.45) is 8.00. The van der Waals surface area contributed by atoms with Gasteiger partial charge in [-0.1, -0.05) is 12.8 Å². The Kier molecular flexibility index (Phi) is 9.49. The van der Waals surface area contributed by atoms with Crippen molar-refractivity contribution in [1.29, 1.82) is 0 Å². The maximum atomic E-state index is 12.5. The molecule has 0 radical (unpaired) electrons. The number of hydrogen-bond acceptors (Lipinski definition) is 4. The number of halogens is 2. The molecule has 0 spiro atoms. The average Bonchev–Trinajstić information content (AvgIpc) is 3.00. The maximum absolute atomic E-state index is 12.5. The highest BCUT2D eigenvalue weighted by Gasteiger charge is 2.38. The Hall–Kier alpha value is -0.560. The summed E-state index contributed by atoms with van der Waals surface area (Å²) in [4.78, 5) is 26.1. The summed E-state index contributed by atoms with van der Waals surface area (Å²) in [6, 6.07) is 0.828. The van der Waals surface area contributed by atoms with Crippen molar-refractivity contribution in [2.45, 2.75) is 63.1 Å². The molecular formula is C17H32Cl2N4O2. The highest BCUT2D eigenvalue weighted by Crippen LogP contribution is 2.33. The van der Waals surface area contributed by atoms with Gasteiger partial charge in [0.25, 0.3) is 0 Å². The molecular weight excluding hydrogens is 363 g/mol. The van der Waals surface area contributed by atoms with Crippen LogP contribution >= 0.6 is 24.8 Å². The highest BCUT2D eigenvalue weighted by molar-refractivity contribution is 5.85. The van der Waals surface area contributed by atoms with Crippen LogP contribution in [0.4, 0.5) is 0 Å². The molecule has 0 aromatic rings. The molecule has 25 heavy (non-hydrogen) atoms. The zero-order chi connectivity index (χ0) is 16.2. The maximum Gasteiger partial charge on any atom is 0.237 e. The van der Waals surface area contributed by atoms with Crippen molar-refractivity contribution in [2.75, 3.05) is 26.7 Å². The van der Waals surface area contributed by atoms with Crippen molar-refractivity contribution in [3.05, 3.63) is 0 Å². The van der Waals surface area contributed by atoms with Crippen LogP contribution in [0.5, 0.6) is 0 Å². The van der Waals surface area contributed by atoms with Crippen LogP contribution in [0, 0.1) is 5.92 Å². The van der Waals surface area contributed by atoms with Gasteiger partial charge in [0.05, 0.1) is 12.6 Å². The molecule has 6 nitrogen and oxygen atoms in total. The Bertz CT molecular complexity index is 430. The summed E-state index contributed by atoms with van der Waals surface area (Å²) in [5.74, 6) is 0.948. The Morgan fingerprint density at radius 3 is 2.40 bits per heavy atom. The van der Waals surface area contributed by atoms with Crippen molar-refractivity contribution < 1.29 is 9.59 Å². The number of rotatable bonds is 4. The van der Waals surface area contributed by atoms with Crippen LogP contribution in [-0.4, -0.2) is 61.5 Å². The lowest BCUT2D eigenvalue weighted by molar-refractivity contribution is -0.125. The first kappa shape index (κ1) is 22.5. The molecule has 3 rings (SSSR count). The Labute approximate surface area is 163 Å². The number of amides is 2. The van der Waals surface area contributed by atoms with Gasteiger partial charge in [0.2, 0.25) is 11.8 Å². The van der Waals surface area contributed by atoms with Gasteiger partial charge in [0.15, 0.2) is 0 Å². The van der Waals surface area contributed by atoms with E-state index in [0.717, 1.165) is 32.4 Å². The van der Waals surface area contributed by atoms with E-state index in [1.807, 2.05) is 0 Å². The third-order valence-corrected chi connectivity index (χ3v) is 5.76. The third-order valence-electron chi connectivity index (χ3n) is 5.76. The lowest BCUT2D eigenvalue weighted by Crippen LogP contribution is -2.51. The molecule has 2 heterocycles. The highest BCUT2D eigenvalue weighted by atomic mass is 35.5.